The molecule has 172 valence electrons. The number of amides is 1. The first-order chi connectivity index (χ1) is 15.0. The molecule has 0 aliphatic heterocycles. The van der Waals surface area contributed by atoms with E-state index in [2.05, 4.69) is 21.9 Å². The predicted molar refractivity (Wildman–Crippen MR) is 115 cm³/mol. The third-order valence-corrected chi connectivity index (χ3v) is 4.12. The molecule has 1 atom stereocenters. The number of esters is 2. The Balaban J connectivity index is 2.44. The quantitative estimate of drug-likeness (QED) is 0.609. The largest absolute Gasteiger partial charge is 0.467 e. The highest BCUT2D eigenvalue weighted by molar-refractivity contribution is 6.02. The Morgan fingerprint density at radius 2 is 1.84 bits per heavy atom. The van der Waals surface area contributed by atoms with Gasteiger partial charge in [0.25, 0.3) is 5.91 Å². The molecule has 0 aliphatic rings. The Hall–Kier alpha value is -3.53. The normalized spacial score (nSPS) is 12.1. The van der Waals surface area contributed by atoms with E-state index in [0.29, 0.717) is 5.57 Å². The van der Waals surface area contributed by atoms with Crippen molar-refractivity contribution < 1.29 is 33.0 Å². The lowest BCUT2D eigenvalue weighted by molar-refractivity contribution is -0.146. The zero-order valence-corrected chi connectivity index (χ0v) is 19.0. The highest BCUT2D eigenvalue weighted by Gasteiger charge is 2.27. The molecule has 2 aromatic heterocycles. The summed E-state index contributed by atoms with van der Waals surface area (Å²) in [5.41, 5.74) is 0.340. The van der Waals surface area contributed by atoms with Gasteiger partial charge in [-0.2, -0.15) is 0 Å². The smallest absolute Gasteiger partial charge is 0.356 e. The second kappa shape index (κ2) is 10.2. The minimum atomic E-state index is -1.07. The average molecular weight is 445 g/mol. The molecule has 10 heteroatoms. The third kappa shape index (κ3) is 6.24. The molecule has 0 bridgehead atoms. The monoisotopic (exact) mass is 445 g/mol. The molecule has 0 spiro atoms. The van der Waals surface area contributed by atoms with E-state index in [-0.39, 0.29) is 35.1 Å². The van der Waals surface area contributed by atoms with Crippen LogP contribution in [0.5, 0.6) is 0 Å². The molecule has 1 amide bonds. The number of hydrogen-bond donors (Lipinski definition) is 1. The fourth-order valence-corrected chi connectivity index (χ4v) is 2.51. The fourth-order valence-electron chi connectivity index (χ4n) is 2.51. The Morgan fingerprint density at radius 1 is 1.16 bits per heavy atom. The molecule has 2 rings (SSSR count). The van der Waals surface area contributed by atoms with Gasteiger partial charge in [-0.1, -0.05) is 6.58 Å². The van der Waals surface area contributed by atoms with Gasteiger partial charge in [-0.15, -0.1) is 0 Å². The zero-order valence-electron chi connectivity index (χ0n) is 19.0. The van der Waals surface area contributed by atoms with Gasteiger partial charge in [0.15, 0.2) is 6.04 Å². The van der Waals surface area contributed by atoms with Crippen molar-refractivity contribution in [2.24, 2.45) is 0 Å². The van der Waals surface area contributed by atoms with E-state index in [9.17, 15) is 14.4 Å². The van der Waals surface area contributed by atoms with Crippen molar-refractivity contribution in [3.05, 3.63) is 42.1 Å². The first-order valence-electron chi connectivity index (χ1n) is 9.70. The van der Waals surface area contributed by atoms with Crippen molar-refractivity contribution >= 4 is 23.4 Å². The van der Waals surface area contributed by atoms with Crippen LogP contribution in [-0.2, 0) is 19.0 Å². The van der Waals surface area contributed by atoms with Crippen LogP contribution in [0.1, 0.15) is 54.4 Å². The molecule has 10 nitrogen and oxygen atoms in total. The number of nitrogens with zero attached hydrogens (tertiary/aromatic N) is 2. The van der Waals surface area contributed by atoms with Crippen LogP contribution in [0.3, 0.4) is 0 Å². The van der Waals surface area contributed by atoms with Gasteiger partial charge in [0.2, 0.25) is 5.89 Å². The standard InChI is InChI=1S/C22H27N3O7/c1-12(2)19-25-15(10-31-19)17-13(8-9-14(23-17)20(27)29-6)18(26)24-16(21(28)30-7)11-32-22(3,4)5/h8-10,16H,1,11H2,2-7H3,(H,24,26)/t16-/m0/s1. The minimum absolute atomic E-state index is 0.0282. The maximum Gasteiger partial charge on any atom is 0.356 e. The second-order valence-electron chi connectivity index (χ2n) is 7.88. The van der Waals surface area contributed by atoms with Gasteiger partial charge in [-0.25, -0.2) is 19.6 Å². The molecule has 1 N–H and O–H groups in total. The number of hydrogen-bond acceptors (Lipinski definition) is 9. The lowest BCUT2D eigenvalue weighted by Crippen LogP contribution is -2.46. The summed E-state index contributed by atoms with van der Waals surface area (Å²) >= 11 is 0. The van der Waals surface area contributed by atoms with E-state index in [4.69, 9.17) is 18.6 Å². The first kappa shape index (κ1) is 24.7. The van der Waals surface area contributed by atoms with Gasteiger partial charge in [-0.05, 0) is 39.8 Å². The maximum atomic E-state index is 13.1. The number of oxazole rings is 1. The number of carbonyl (C=O) groups excluding carboxylic acids is 3. The zero-order chi connectivity index (χ0) is 24.1. The SMILES string of the molecule is C=C(C)c1nc(-c2nc(C(=O)OC)ccc2C(=O)N[C@@H](COC(C)(C)C)C(=O)OC)co1. The van der Waals surface area contributed by atoms with Crippen LogP contribution in [-0.4, -0.2) is 60.3 Å². The molecule has 0 unspecified atom stereocenters. The second-order valence-corrected chi connectivity index (χ2v) is 7.88. The molecule has 2 aromatic rings. The number of ether oxygens (including phenoxy) is 3. The highest BCUT2D eigenvalue weighted by Crippen LogP contribution is 2.24. The fraction of sp³-hybridized carbons (Fsp3) is 0.409. The van der Waals surface area contributed by atoms with E-state index in [0.717, 1.165) is 0 Å². The van der Waals surface area contributed by atoms with E-state index in [1.165, 1.54) is 32.6 Å². The Bertz CT molecular complexity index is 1020. The first-order valence-corrected chi connectivity index (χ1v) is 9.70. The molecular weight excluding hydrogens is 418 g/mol. The van der Waals surface area contributed by atoms with Gasteiger partial charge in [0, 0.05) is 5.57 Å². The summed E-state index contributed by atoms with van der Waals surface area (Å²) in [6.07, 6.45) is 1.30. The van der Waals surface area contributed by atoms with Crippen molar-refractivity contribution in [2.75, 3.05) is 20.8 Å². The van der Waals surface area contributed by atoms with Crippen LogP contribution in [0.15, 0.2) is 29.4 Å². The number of aromatic nitrogens is 2. The number of rotatable bonds is 8. The predicted octanol–water partition coefficient (Wildman–Crippen LogP) is 2.64. The third-order valence-electron chi connectivity index (χ3n) is 4.12. The topological polar surface area (TPSA) is 130 Å². The number of pyridine rings is 1. The Morgan fingerprint density at radius 3 is 2.38 bits per heavy atom. The van der Waals surface area contributed by atoms with Gasteiger partial charge in [0.05, 0.1) is 32.0 Å². The van der Waals surface area contributed by atoms with Crippen molar-refractivity contribution in [3.63, 3.8) is 0 Å². The van der Waals surface area contributed by atoms with Crippen LogP contribution in [0.25, 0.3) is 17.0 Å². The molecule has 2 heterocycles. The molecule has 32 heavy (non-hydrogen) atoms. The molecule has 0 saturated heterocycles. The summed E-state index contributed by atoms with van der Waals surface area (Å²) in [6, 6.07) is 1.66. The Kier molecular flexibility index (Phi) is 7.87. The highest BCUT2D eigenvalue weighted by atomic mass is 16.5. The van der Waals surface area contributed by atoms with Crippen LogP contribution < -0.4 is 5.32 Å². The van der Waals surface area contributed by atoms with Crippen LogP contribution in [0.4, 0.5) is 0 Å². The van der Waals surface area contributed by atoms with Crippen LogP contribution >= 0.6 is 0 Å². The molecule has 0 saturated carbocycles. The van der Waals surface area contributed by atoms with E-state index in [1.807, 2.05) is 20.8 Å². The summed E-state index contributed by atoms with van der Waals surface area (Å²) in [6.45, 7) is 10.8. The van der Waals surface area contributed by atoms with Gasteiger partial charge >= 0.3 is 11.9 Å². The number of allylic oxidation sites excluding steroid dienone is 1. The van der Waals surface area contributed by atoms with Crippen LogP contribution in [0, 0.1) is 0 Å². The molecule has 0 aromatic carbocycles. The van der Waals surface area contributed by atoms with Crippen molar-refractivity contribution in [2.45, 2.75) is 39.3 Å². The Labute approximate surface area is 186 Å². The average Bonchev–Trinajstić information content (AvgIpc) is 3.24. The van der Waals surface area contributed by atoms with Crippen LogP contribution in [0.2, 0.25) is 0 Å². The summed E-state index contributed by atoms with van der Waals surface area (Å²) in [7, 11) is 2.43. The minimum Gasteiger partial charge on any atom is -0.467 e. The lowest BCUT2D eigenvalue weighted by Gasteiger charge is -2.24. The number of carbonyl (C=O) groups is 3. The van der Waals surface area contributed by atoms with Crippen molar-refractivity contribution in [1.29, 1.82) is 0 Å². The van der Waals surface area contributed by atoms with Gasteiger partial charge < -0.3 is 23.9 Å². The molecule has 0 fully saturated rings. The van der Waals surface area contributed by atoms with E-state index in [1.54, 1.807) is 6.92 Å². The number of nitrogens with one attached hydrogen (secondary N) is 1. The van der Waals surface area contributed by atoms with Gasteiger partial charge in [0.1, 0.15) is 23.3 Å². The maximum absolute atomic E-state index is 13.1. The van der Waals surface area contributed by atoms with Gasteiger partial charge in [-0.3, -0.25) is 4.79 Å². The summed E-state index contributed by atoms with van der Waals surface area (Å²) < 4.78 is 20.5. The molecule has 0 aliphatic carbocycles. The van der Waals surface area contributed by atoms with Crippen molar-refractivity contribution in [3.8, 4) is 11.4 Å². The molecular formula is C22H27N3O7. The summed E-state index contributed by atoms with van der Waals surface area (Å²) in [5.74, 6) is -1.75. The van der Waals surface area contributed by atoms with Crippen molar-refractivity contribution in [1.82, 2.24) is 15.3 Å². The lowest BCUT2D eigenvalue weighted by atomic mass is 10.1. The summed E-state index contributed by atoms with van der Waals surface area (Å²) in [4.78, 5) is 45.7. The van der Waals surface area contributed by atoms with E-state index < -0.39 is 29.5 Å². The number of methoxy groups -OCH3 is 2. The van der Waals surface area contributed by atoms with E-state index >= 15 is 0 Å². The summed E-state index contributed by atoms with van der Waals surface area (Å²) in [5, 5.41) is 2.59. The molecule has 0 radical (unpaired) electrons.